The zero-order valence-electron chi connectivity index (χ0n) is 12.3. The third-order valence-electron chi connectivity index (χ3n) is 2.21. The molecule has 112 valence electrons. The van der Waals surface area contributed by atoms with E-state index < -0.39 is 12.0 Å². The van der Waals surface area contributed by atoms with E-state index in [1.165, 1.54) is 0 Å². The predicted molar refractivity (Wildman–Crippen MR) is 75.3 cm³/mol. The van der Waals surface area contributed by atoms with Crippen molar-refractivity contribution in [2.24, 2.45) is 0 Å². The van der Waals surface area contributed by atoms with E-state index in [2.05, 4.69) is 15.0 Å². The summed E-state index contributed by atoms with van der Waals surface area (Å²) >= 11 is 0. The van der Waals surface area contributed by atoms with Crippen molar-refractivity contribution >= 4 is 12.4 Å². The Bertz CT molecular complexity index is 401. The van der Waals surface area contributed by atoms with Crippen molar-refractivity contribution in [1.82, 2.24) is 10.3 Å². The molecule has 1 unspecified atom stereocenters. The fourth-order valence-electron chi connectivity index (χ4n) is 1.21. The minimum atomic E-state index is -0.841. The van der Waals surface area contributed by atoms with Gasteiger partial charge < -0.3 is 15.2 Å². The van der Waals surface area contributed by atoms with E-state index in [0.29, 0.717) is 12.9 Å². The highest BCUT2D eigenvalue weighted by atomic mass is 16.5. The molecule has 0 saturated carbocycles. The molecule has 6 heteroatoms. The molecule has 6 nitrogen and oxygen atoms in total. The Balaban J connectivity index is 0.000000441. The number of aliphatic carboxylic acids is 1. The number of ether oxygens (including phenoxy) is 1. The topological polar surface area (TPSA) is 88.5 Å². The van der Waals surface area contributed by atoms with E-state index >= 15 is 0 Å². The summed E-state index contributed by atoms with van der Waals surface area (Å²) in [6, 6.07) is 3.12. The average Bonchev–Trinajstić information content (AvgIpc) is 2.36. The maximum atomic E-state index is 10.7. The highest BCUT2D eigenvalue weighted by Crippen LogP contribution is 2.02. The SMILES string of the molecule is CC(C)(C)OC=O.CNC(Cc1cccnc1)C(=O)O. The van der Waals surface area contributed by atoms with Crippen LogP contribution in [0, 0.1) is 0 Å². The molecule has 0 saturated heterocycles. The molecule has 0 aliphatic carbocycles. The van der Waals surface area contributed by atoms with Gasteiger partial charge in [0.05, 0.1) is 0 Å². The average molecular weight is 282 g/mol. The molecular formula is C14H22N2O4. The molecule has 0 fully saturated rings. The lowest BCUT2D eigenvalue weighted by atomic mass is 10.1. The highest BCUT2D eigenvalue weighted by Gasteiger charge is 2.14. The number of carboxylic acids is 1. The smallest absolute Gasteiger partial charge is 0.321 e. The fraction of sp³-hybridized carbons (Fsp3) is 0.500. The number of hydrogen-bond donors (Lipinski definition) is 2. The quantitative estimate of drug-likeness (QED) is 0.790. The lowest BCUT2D eigenvalue weighted by Crippen LogP contribution is -2.35. The molecule has 0 aliphatic rings. The number of likely N-dealkylation sites (N-methyl/N-ethyl adjacent to an activating group) is 1. The molecular weight excluding hydrogens is 260 g/mol. The van der Waals surface area contributed by atoms with Crippen LogP contribution in [0.3, 0.4) is 0 Å². The van der Waals surface area contributed by atoms with Gasteiger partial charge in [-0.25, -0.2) is 0 Å². The van der Waals surface area contributed by atoms with Crippen LogP contribution in [0.4, 0.5) is 0 Å². The van der Waals surface area contributed by atoms with Crippen molar-refractivity contribution in [3.8, 4) is 0 Å². The molecule has 0 aliphatic heterocycles. The normalized spacial score (nSPS) is 11.8. The van der Waals surface area contributed by atoms with Crippen molar-refractivity contribution in [2.45, 2.75) is 38.8 Å². The number of carboxylic acid groups (broad SMARTS) is 1. The molecule has 0 bridgehead atoms. The van der Waals surface area contributed by atoms with Crippen LogP contribution in [-0.4, -0.2) is 41.2 Å². The summed E-state index contributed by atoms with van der Waals surface area (Å²) in [6.45, 7) is 5.92. The van der Waals surface area contributed by atoms with E-state index in [-0.39, 0.29) is 5.60 Å². The molecule has 2 N–H and O–H groups in total. The van der Waals surface area contributed by atoms with Gasteiger partial charge in [0.1, 0.15) is 11.6 Å². The van der Waals surface area contributed by atoms with Gasteiger partial charge in [0, 0.05) is 12.4 Å². The Morgan fingerprint density at radius 1 is 1.55 bits per heavy atom. The lowest BCUT2D eigenvalue weighted by molar-refractivity contribution is -0.140. The van der Waals surface area contributed by atoms with Gasteiger partial charge in [0.25, 0.3) is 6.47 Å². The Morgan fingerprint density at radius 2 is 2.20 bits per heavy atom. The molecule has 1 aromatic rings. The van der Waals surface area contributed by atoms with Gasteiger partial charge in [-0.1, -0.05) is 6.07 Å². The van der Waals surface area contributed by atoms with Gasteiger partial charge in [0.15, 0.2) is 0 Å². The number of nitrogens with zero attached hydrogens (tertiary/aromatic N) is 1. The summed E-state index contributed by atoms with van der Waals surface area (Å²) < 4.78 is 4.55. The molecule has 1 aromatic heterocycles. The Hall–Kier alpha value is -1.95. The Morgan fingerprint density at radius 3 is 2.50 bits per heavy atom. The van der Waals surface area contributed by atoms with Crippen LogP contribution in [0.5, 0.6) is 0 Å². The predicted octanol–water partition coefficient (Wildman–Crippen LogP) is 1.25. The van der Waals surface area contributed by atoms with E-state index in [9.17, 15) is 9.59 Å². The molecule has 0 spiro atoms. The minimum Gasteiger partial charge on any atom is -0.480 e. The third-order valence-corrected chi connectivity index (χ3v) is 2.21. The van der Waals surface area contributed by atoms with Crippen molar-refractivity contribution < 1.29 is 19.4 Å². The first-order valence-electron chi connectivity index (χ1n) is 6.20. The number of carbonyl (C=O) groups is 2. The third kappa shape index (κ3) is 9.04. The molecule has 1 atom stereocenters. The van der Waals surface area contributed by atoms with Crippen LogP contribution in [0.15, 0.2) is 24.5 Å². The first-order chi connectivity index (χ1) is 9.30. The van der Waals surface area contributed by atoms with Crippen molar-refractivity contribution in [3.05, 3.63) is 30.1 Å². The summed E-state index contributed by atoms with van der Waals surface area (Å²) in [5.74, 6) is -0.841. The van der Waals surface area contributed by atoms with E-state index in [1.807, 2.05) is 26.8 Å². The number of hydrogen-bond acceptors (Lipinski definition) is 5. The molecule has 1 rings (SSSR count). The van der Waals surface area contributed by atoms with Crippen LogP contribution in [0.25, 0.3) is 0 Å². The van der Waals surface area contributed by atoms with Gasteiger partial charge in [0.2, 0.25) is 0 Å². The summed E-state index contributed by atoms with van der Waals surface area (Å²) in [6.07, 6.45) is 3.80. The number of carbonyl (C=O) groups excluding carboxylic acids is 1. The van der Waals surface area contributed by atoms with Gasteiger partial charge in [-0.15, -0.1) is 0 Å². The summed E-state index contributed by atoms with van der Waals surface area (Å²) in [4.78, 5) is 24.2. The maximum Gasteiger partial charge on any atom is 0.321 e. The van der Waals surface area contributed by atoms with Crippen molar-refractivity contribution in [1.29, 1.82) is 0 Å². The molecule has 20 heavy (non-hydrogen) atoms. The van der Waals surface area contributed by atoms with Crippen molar-refractivity contribution in [3.63, 3.8) is 0 Å². The van der Waals surface area contributed by atoms with Crippen LogP contribution in [0.1, 0.15) is 26.3 Å². The molecule has 0 aromatic carbocycles. The lowest BCUT2D eigenvalue weighted by Gasteiger charge is -2.14. The van der Waals surface area contributed by atoms with E-state index in [4.69, 9.17) is 5.11 Å². The zero-order chi connectivity index (χ0) is 15.6. The van der Waals surface area contributed by atoms with Gasteiger partial charge in [-0.05, 0) is 45.9 Å². The van der Waals surface area contributed by atoms with Crippen LogP contribution >= 0.6 is 0 Å². The Kier molecular flexibility index (Phi) is 8.15. The second-order valence-corrected chi connectivity index (χ2v) is 5.07. The van der Waals surface area contributed by atoms with E-state index in [0.717, 1.165) is 5.56 Å². The van der Waals surface area contributed by atoms with Gasteiger partial charge in [-0.3, -0.25) is 14.6 Å². The summed E-state index contributed by atoms with van der Waals surface area (Å²) in [7, 11) is 1.63. The van der Waals surface area contributed by atoms with Crippen molar-refractivity contribution in [2.75, 3.05) is 7.05 Å². The number of aromatic nitrogens is 1. The standard InChI is InChI=1S/C9H12N2O2.C5H10O2/c1-10-8(9(12)13)5-7-3-2-4-11-6-7;1-5(2,3)7-4-6/h2-4,6,8,10H,5H2,1H3,(H,12,13);4H,1-3H3. The second kappa shape index (κ2) is 9.03. The zero-order valence-corrected chi connectivity index (χ0v) is 12.3. The van der Waals surface area contributed by atoms with Crippen LogP contribution < -0.4 is 5.32 Å². The first kappa shape index (κ1) is 18.0. The van der Waals surface area contributed by atoms with Gasteiger partial charge in [-0.2, -0.15) is 0 Å². The minimum absolute atomic E-state index is 0.318. The maximum absolute atomic E-state index is 10.7. The monoisotopic (exact) mass is 282 g/mol. The number of nitrogens with one attached hydrogen (secondary N) is 1. The molecule has 1 heterocycles. The van der Waals surface area contributed by atoms with Gasteiger partial charge >= 0.3 is 5.97 Å². The summed E-state index contributed by atoms with van der Waals surface area (Å²) in [5, 5.41) is 11.5. The van der Waals surface area contributed by atoms with E-state index in [1.54, 1.807) is 25.5 Å². The largest absolute Gasteiger partial charge is 0.480 e. The second-order valence-electron chi connectivity index (χ2n) is 5.07. The fourth-order valence-corrected chi connectivity index (χ4v) is 1.21. The first-order valence-corrected chi connectivity index (χ1v) is 6.20. The number of pyridine rings is 1. The summed E-state index contributed by atoms with van der Waals surface area (Å²) in [5.41, 5.74) is 0.603. The molecule has 0 amide bonds. The highest BCUT2D eigenvalue weighted by molar-refractivity contribution is 5.73. The van der Waals surface area contributed by atoms with Crippen LogP contribution in [-0.2, 0) is 20.7 Å². The number of rotatable bonds is 5. The Labute approximate surface area is 119 Å². The van der Waals surface area contributed by atoms with Crippen LogP contribution in [0.2, 0.25) is 0 Å². The molecule has 0 radical (unpaired) electrons.